The van der Waals surface area contributed by atoms with Crippen LogP contribution in [0.15, 0.2) is 43.0 Å². The van der Waals surface area contributed by atoms with Gasteiger partial charge in [-0.2, -0.15) is 0 Å². The molecule has 0 saturated carbocycles. The molecule has 1 N–H and O–H groups in total. The largest absolute Gasteiger partial charge is 0.313 e. The number of hydrogen-bond acceptors (Lipinski definition) is 1. The maximum atomic E-state index is 3.63. The van der Waals surface area contributed by atoms with E-state index in [4.69, 9.17) is 0 Å². The summed E-state index contributed by atoms with van der Waals surface area (Å²) in [7, 11) is 0. The summed E-state index contributed by atoms with van der Waals surface area (Å²) in [5.41, 5.74) is 1.26. The van der Waals surface area contributed by atoms with Gasteiger partial charge in [-0.3, -0.25) is 0 Å². The zero-order valence-corrected chi connectivity index (χ0v) is 7.16. The Kier molecular flexibility index (Phi) is 4.17. The second-order valence-corrected chi connectivity index (χ2v) is 2.56. The van der Waals surface area contributed by atoms with E-state index in [0.29, 0.717) is 0 Å². The normalized spacial score (nSPS) is 9.67. The van der Waals surface area contributed by atoms with E-state index < -0.39 is 0 Å². The molecule has 63 valence electrons. The van der Waals surface area contributed by atoms with Crippen LogP contribution in [-0.2, 0) is 0 Å². The SMILES string of the molecule is C=CCNC[CH]c1ccccc1. The van der Waals surface area contributed by atoms with Gasteiger partial charge in [0.1, 0.15) is 0 Å². The number of hydrogen-bond donors (Lipinski definition) is 1. The molecule has 0 amide bonds. The van der Waals surface area contributed by atoms with Crippen molar-refractivity contribution >= 4 is 0 Å². The molecule has 0 saturated heterocycles. The van der Waals surface area contributed by atoms with Crippen molar-refractivity contribution < 1.29 is 0 Å². The van der Waals surface area contributed by atoms with Crippen LogP contribution >= 0.6 is 0 Å². The Morgan fingerprint density at radius 1 is 1.17 bits per heavy atom. The van der Waals surface area contributed by atoms with Gasteiger partial charge in [0.05, 0.1) is 0 Å². The Bertz CT molecular complexity index is 216. The first-order valence-corrected chi connectivity index (χ1v) is 4.13. The summed E-state index contributed by atoms with van der Waals surface area (Å²) in [5.74, 6) is 0. The lowest BCUT2D eigenvalue weighted by molar-refractivity contribution is 0.819. The van der Waals surface area contributed by atoms with Gasteiger partial charge in [-0.15, -0.1) is 6.58 Å². The molecule has 1 radical (unpaired) electrons. The number of rotatable bonds is 5. The molecule has 0 heterocycles. The minimum Gasteiger partial charge on any atom is -0.313 e. The fourth-order valence-corrected chi connectivity index (χ4v) is 0.965. The molecule has 0 unspecified atom stereocenters. The molecule has 0 atom stereocenters. The average Bonchev–Trinajstić information content (AvgIpc) is 2.14. The van der Waals surface area contributed by atoms with Crippen molar-refractivity contribution in [1.82, 2.24) is 5.32 Å². The molecule has 1 aromatic rings. The third kappa shape index (κ3) is 3.35. The van der Waals surface area contributed by atoms with E-state index in [1.807, 2.05) is 24.3 Å². The van der Waals surface area contributed by atoms with Crippen molar-refractivity contribution in [2.24, 2.45) is 0 Å². The first-order chi connectivity index (χ1) is 5.93. The fraction of sp³-hybridized carbons (Fsp3) is 0.182. The zero-order chi connectivity index (χ0) is 8.65. The van der Waals surface area contributed by atoms with Crippen LogP contribution in [0.25, 0.3) is 0 Å². The van der Waals surface area contributed by atoms with Gasteiger partial charge in [0.25, 0.3) is 0 Å². The molecule has 0 aliphatic heterocycles. The average molecular weight is 160 g/mol. The summed E-state index contributed by atoms with van der Waals surface area (Å²) < 4.78 is 0. The Balaban J connectivity index is 2.20. The van der Waals surface area contributed by atoms with Crippen LogP contribution in [0.1, 0.15) is 5.56 Å². The van der Waals surface area contributed by atoms with Gasteiger partial charge in [-0.1, -0.05) is 36.4 Å². The highest BCUT2D eigenvalue weighted by molar-refractivity contribution is 5.22. The summed E-state index contributed by atoms with van der Waals surface area (Å²) in [6, 6.07) is 10.3. The molecule has 0 aromatic heterocycles. The lowest BCUT2D eigenvalue weighted by atomic mass is 10.1. The molecule has 0 spiro atoms. The summed E-state index contributed by atoms with van der Waals surface area (Å²) in [5, 5.41) is 3.21. The lowest BCUT2D eigenvalue weighted by Gasteiger charge is -2.00. The van der Waals surface area contributed by atoms with Crippen LogP contribution < -0.4 is 5.32 Å². The zero-order valence-electron chi connectivity index (χ0n) is 7.16. The number of benzene rings is 1. The van der Waals surface area contributed by atoms with Gasteiger partial charge in [0.2, 0.25) is 0 Å². The minimum absolute atomic E-state index is 0.864. The van der Waals surface area contributed by atoms with Crippen LogP contribution in [0, 0.1) is 6.42 Å². The van der Waals surface area contributed by atoms with Crippen molar-refractivity contribution in [2.75, 3.05) is 13.1 Å². The summed E-state index contributed by atoms with van der Waals surface area (Å²) >= 11 is 0. The van der Waals surface area contributed by atoms with Crippen molar-refractivity contribution in [3.63, 3.8) is 0 Å². The van der Waals surface area contributed by atoms with Gasteiger partial charge in [-0.05, 0) is 5.56 Å². The molecular weight excluding hydrogens is 146 g/mol. The van der Waals surface area contributed by atoms with Gasteiger partial charge in [-0.25, -0.2) is 0 Å². The molecule has 0 aliphatic rings. The molecule has 0 aliphatic carbocycles. The van der Waals surface area contributed by atoms with Gasteiger partial charge in [0, 0.05) is 19.5 Å². The van der Waals surface area contributed by atoms with Crippen LogP contribution in [-0.4, -0.2) is 13.1 Å². The Labute approximate surface area is 74.1 Å². The molecule has 12 heavy (non-hydrogen) atoms. The molecule has 0 bridgehead atoms. The maximum absolute atomic E-state index is 3.63. The van der Waals surface area contributed by atoms with E-state index >= 15 is 0 Å². The lowest BCUT2D eigenvalue weighted by Crippen LogP contribution is -2.15. The second kappa shape index (κ2) is 5.56. The van der Waals surface area contributed by atoms with Crippen molar-refractivity contribution in [3.8, 4) is 0 Å². The monoisotopic (exact) mass is 160 g/mol. The third-order valence-electron chi connectivity index (χ3n) is 1.57. The van der Waals surface area contributed by atoms with Crippen LogP contribution in [0.3, 0.4) is 0 Å². The standard InChI is InChI=1S/C11H14N/c1-2-9-12-10-8-11-6-4-3-5-7-11/h2-8,12H,1,9-10H2. The topological polar surface area (TPSA) is 12.0 Å². The fourth-order valence-electron chi connectivity index (χ4n) is 0.965. The van der Waals surface area contributed by atoms with Gasteiger partial charge >= 0.3 is 0 Å². The summed E-state index contributed by atoms with van der Waals surface area (Å²) in [4.78, 5) is 0. The van der Waals surface area contributed by atoms with E-state index in [9.17, 15) is 0 Å². The Morgan fingerprint density at radius 3 is 2.58 bits per heavy atom. The van der Waals surface area contributed by atoms with Gasteiger partial charge in [0.15, 0.2) is 0 Å². The highest BCUT2D eigenvalue weighted by atomic mass is 14.8. The predicted molar refractivity (Wildman–Crippen MR) is 52.9 cm³/mol. The molecular formula is C11H14N. The van der Waals surface area contributed by atoms with E-state index in [2.05, 4.69) is 30.4 Å². The predicted octanol–water partition coefficient (Wildman–Crippen LogP) is 2.01. The Morgan fingerprint density at radius 2 is 1.92 bits per heavy atom. The van der Waals surface area contributed by atoms with Crippen molar-refractivity contribution in [3.05, 3.63) is 55.0 Å². The second-order valence-electron chi connectivity index (χ2n) is 2.56. The van der Waals surface area contributed by atoms with E-state index in [0.717, 1.165) is 13.1 Å². The molecule has 1 nitrogen and oxygen atoms in total. The summed E-state index contributed by atoms with van der Waals surface area (Å²) in [6.45, 7) is 5.39. The van der Waals surface area contributed by atoms with Crippen LogP contribution in [0.2, 0.25) is 0 Å². The highest BCUT2D eigenvalue weighted by Gasteiger charge is 1.89. The summed E-state index contributed by atoms with van der Waals surface area (Å²) in [6.07, 6.45) is 4.02. The first kappa shape index (κ1) is 9.01. The first-order valence-electron chi connectivity index (χ1n) is 4.13. The highest BCUT2D eigenvalue weighted by Crippen LogP contribution is 1.99. The molecule has 0 fully saturated rings. The smallest absolute Gasteiger partial charge is 0.0132 e. The molecule has 1 rings (SSSR count). The van der Waals surface area contributed by atoms with E-state index in [1.165, 1.54) is 5.56 Å². The van der Waals surface area contributed by atoms with Crippen molar-refractivity contribution in [1.29, 1.82) is 0 Å². The quantitative estimate of drug-likeness (QED) is 0.513. The van der Waals surface area contributed by atoms with E-state index in [1.54, 1.807) is 0 Å². The van der Waals surface area contributed by atoms with Crippen molar-refractivity contribution in [2.45, 2.75) is 0 Å². The number of nitrogens with one attached hydrogen (secondary N) is 1. The van der Waals surface area contributed by atoms with Crippen LogP contribution in [0.5, 0.6) is 0 Å². The van der Waals surface area contributed by atoms with E-state index in [-0.39, 0.29) is 0 Å². The Hall–Kier alpha value is -1.08. The van der Waals surface area contributed by atoms with Gasteiger partial charge < -0.3 is 5.32 Å². The molecule has 1 aromatic carbocycles. The van der Waals surface area contributed by atoms with Crippen LogP contribution in [0.4, 0.5) is 0 Å². The molecule has 1 heteroatoms. The minimum atomic E-state index is 0.864. The maximum Gasteiger partial charge on any atom is 0.0132 e. The third-order valence-corrected chi connectivity index (χ3v) is 1.57.